The molecule has 0 bridgehead atoms. The maximum atomic E-state index is 14.8. The number of fused-ring (bicyclic) bond motifs is 3. The summed E-state index contributed by atoms with van der Waals surface area (Å²) in [5.41, 5.74) is 3.66. The van der Waals surface area contributed by atoms with Crippen LogP contribution in [-0.4, -0.2) is 56.2 Å². The van der Waals surface area contributed by atoms with Crippen molar-refractivity contribution in [1.29, 1.82) is 0 Å². The lowest BCUT2D eigenvalue weighted by molar-refractivity contribution is 0.184. The number of benzene rings is 3. The molecule has 3 aromatic carbocycles. The summed E-state index contributed by atoms with van der Waals surface area (Å²) in [6, 6.07) is 21.8. The lowest BCUT2D eigenvalue weighted by Gasteiger charge is -2.40. The Balaban J connectivity index is 1.36. The summed E-state index contributed by atoms with van der Waals surface area (Å²) in [5, 5.41) is 12.7. The number of hydrogen-bond acceptors (Lipinski definition) is 5. The molecule has 1 fully saturated rings. The van der Waals surface area contributed by atoms with Crippen LogP contribution in [0.3, 0.4) is 0 Å². The minimum Gasteiger partial charge on any atom is -0.338 e. The zero-order valence-electron chi connectivity index (χ0n) is 20.6. The van der Waals surface area contributed by atoms with Crippen LogP contribution in [0, 0.1) is 12.7 Å². The quantitative estimate of drug-likeness (QED) is 0.375. The van der Waals surface area contributed by atoms with E-state index >= 15 is 0 Å². The number of aromatic nitrogens is 4. The fourth-order valence-corrected chi connectivity index (χ4v) is 4.87. The van der Waals surface area contributed by atoms with Crippen LogP contribution in [0.2, 0.25) is 0 Å². The number of urea groups is 1. The van der Waals surface area contributed by atoms with E-state index in [9.17, 15) is 9.18 Å². The van der Waals surface area contributed by atoms with E-state index in [1.807, 2.05) is 71.7 Å². The largest absolute Gasteiger partial charge is 0.338 e. The van der Waals surface area contributed by atoms with Crippen LogP contribution < -0.4 is 10.2 Å². The normalized spacial score (nSPS) is 15.9. The number of nitrogens with zero attached hydrogens (tertiary/aromatic N) is 6. The van der Waals surface area contributed by atoms with Gasteiger partial charge < -0.3 is 15.1 Å². The van der Waals surface area contributed by atoms with Crippen LogP contribution >= 0.6 is 0 Å². The molecule has 186 valence electrons. The Morgan fingerprint density at radius 3 is 2.51 bits per heavy atom. The summed E-state index contributed by atoms with van der Waals surface area (Å²) in [7, 11) is 0. The molecule has 6 rings (SSSR count). The van der Waals surface area contributed by atoms with E-state index in [1.54, 1.807) is 18.2 Å². The predicted molar refractivity (Wildman–Crippen MR) is 142 cm³/mol. The van der Waals surface area contributed by atoms with Gasteiger partial charge in [-0.3, -0.25) is 0 Å². The molecule has 1 atom stereocenters. The first kappa shape index (κ1) is 22.9. The van der Waals surface area contributed by atoms with Gasteiger partial charge in [-0.05, 0) is 50.2 Å². The third-order valence-electron chi connectivity index (χ3n) is 6.82. The number of hydrogen-bond donors (Lipinski definition) is 1. The molecule has 2 aromatic heterocycles. The zero-order valence-corrected chi connectivity index (χ0v) is 20.6. The summed E-state index contributed by atoms with van der Waals surface area (Å²) in [5.74, 6) is 0.651. The van der Waals surface area contributed by atoms with Gasteiger partial charge in [0.1, 0.15) is 5.82 Å². The van der Waals surface area contributed by atoms with Gasteiger partial charge in [0.15, 0.2) is 11.5 Å². The van der Waals surface area contributed by atoms with Crippen LogP contribution in [0.1, 0.15) is 12.5 Å². The number of piperazine rings is 1. The molecular formula is C28H26FN7O. The summed E-state index contributed by atoms with van der Waals surface area (Å²) in [6.45, 7) is 5.64. The van der Waals surface area contributed by atoms with Crippen molar-refractivity contribution in [2.75, 3.05) is 29.9 Å². The molecule has 0 radical (unpaired) electrons. The van der Waals surface area contributed by atoms with Crippen molar-refractivity contribution >= 4 is 34.2 Å². The highest BCUT2D eigenvalue weighted by Crippen LogP contribution is 2.30. The van der Waals surface area contributed by atoms with Crippen molar-refractivity contribution in [3.05, 3.63) is 84.2 Å². The van der Waals surface area contributed by atoms with Crippen molar-refractivity contribution in [3.8, 4) is 11.4 Å². The molecule has 1 aliphatic heterocycles. The molecule has 37 heavy (non-hydrogen) atoms. The Bertz CT molecular complexity index is 1610. The number of rotatable bonds is 3. The zero-order chi connectivity index (χ0) is 25.5. The topological polar surface area (TPSA) is 78.7 Å². The number of aryl methyl sites for hydroxylation is 1. The Hall–Kier alpha value is -4.53. The molecule has 8 nitrogen and oxygen atoms in total. The number of para-hydroxylation sites is 1. The van der Waals surface area contributed by atoms with E-state index in [0.717, 1.165) is 22.2 Å². The Labute approximate surface area is 213 Å². The first-order valence-corrected chi connectivity index (χ1v) is 12.3. The highest BCUT2D eigenvalue weighted by Gasteiger charge is 2.30. The molecule has 1 N–H and O–H groups in total. The Kier molecular flexibility index (Phi) is 5.67. The fraction of sp³-hybridized carbons (Fsp3) is 0.214. The molecule has 3 heterocycles. The van der Waals surface area contributed by atoms with Gasteiger partial charge >= 0.3 is 6.03 Å². The number of halogens is 1. The molecule has 1 aliphatic rings. The van der Waals surface area contributed by atoms with Crippen LogP contribution in [0.15, 0.2) is 72.8 Å². The monoisotopic (exact) mass is 495 g/mol. The summed E-state index contributed by atoms with van der Waals surface area (Å²) in [6.07, 6.45) is 0. The maximum absolute atomic E-state index is 14.8. The molecule has 1 unspecified atom stereocenters. The van der Waals surface area contributed by atoms with E-state index in [0.29, 0.717) is 42.6 Å². The third-order valence-corrected chi connectivity index (χ3v) is 6.82. The van der Waals surface area contributed by atoms with E-state index in [4.69, 9.17) is 4.98 Å². The van der Waals surface area contributed by atoms with Crippen molar-refractivity contribution in [2.24, 2.45) is 0 Å². The van der Waals surface area contributed by atoms with E-state index < -0.39 is 0 Å². The molecular weight excluding hydrogens is 469 g/mol. The van der Waals surface area contributed by atoms with Gasteiger partial charge in [-0.15, -0.1) is 10.2 Å². The number of nitrogens with one attached hydrogen (secondary N) is 1. The minimum absolute atomic E-state index is 0.0871. The first-order chi connectivity index (χ1) is 18.0. The van der Waals surface area contributed by atoms with Gasteiger partial charge in [-0.2, -0.15) is 0 Å². The molecule has 0 saturated carbocycles. The lowest BCUT2D eigenvalue weighted by Crippen LogP contribution is -2.55. The smallest absolute Gasteiger partial charge is 0.322 e. The van der Waals surface area contributed by atoms with Crippen molar-refractivity contribution in [1.82, 2.24) is 24.5 Å². The number of carbonyl (C=O) groups excluding carboxylic acids is 1. The van der Waals surface area contributed by atoms with Crippen LogP contribution in [0.4, 0.5) is 20.8 Å². The Morgan fingerprint density at radius 1 is 0.973 bits per heavy atom. The summed E-state index contributed by atoms with van der Waals surface area (Å²) in [4.78, 5) is 22.0. The second-order valence-corrected chi connectivity index (χ2v) is 9.38. The number of anilines is 2. The minimum atomic E-state index is -0.373. The molecule has 2 amide bonds. The van der Waals surface area contributed by atoms with Gasteiger partial charge in [0.2, 0.25) is 5.95 Å². The predicted octanol–water partition coefficient (Wildman–Crippen LogP) is 5.13. The molecule has 0 aliphatic carbocycles. The highest BCUT2D eigenvalue weighted by molar-refractivity contribution is 5.93. The molecule has 5 aromatic rings. The first-order valence-electron chi connectivity index (χ1n) is 12.3. The van der Waals surface area contributed by atoms with Crippen LogP contribution in [0.25, 0.3) is 27.9 Å². The van der Waals surface area contributed by atoms with Gasteiger partial charge in [0.05, 0.1) is 11.1 Å². The highest BCUT2D eigenvalue weighted by atomic mass is 19.1. The second kappa shape index (κ2) is 9.16. The average Bonchev–Trinajstić information content (AvgIpc) is 3.35. The third kappa shape index (κ3) is 4.12. The molecule has 0 spiro atoms. The summed E-state index contributed by atoms with van der Waals surface area (Å²) >= 11 is 0. The average molecular weight is 496 g/mol. The lowest BCUT2D eigenvalue weighted by atomic mass is 10.2. The van der Waals surface area contributed by atoms with E-state index in [-0.39, 0.29) is 17.9 Å². The molecule has 1 saturated heterocycles. The van der Waals surface area contributed by atoms with Gasteiger partial charge in [-0.1, -0.05) is 42.0 Å². The van der Waals surface area contributed by atoms with Crippen molar-refractivity contribution < 1.29 is 9.18 Å². The van der Waals surface area contributed by atoms with Gasteiger partial charge in [0.25, 0.3) is 0 Å². The van der Waals surface area contributed by atoms with Gasteiger partial charge in [0, 0.05) is 36.7 Å². The van der Waals surface area contributed by atoms with Crippen molar-refractivity contribution in [2.45, 2.75) is 19.9 Å². The number of carbonyl (C=O) groups is 1. The van der Waals surface area contributed by atoms with Crippen molar-refractivity contribution in [3.63, 3.8) is 0 Å². The molecule has 9 heteroatoms. The standard InChI is InChI=1S/C28H26FN7O/c1-18-11-13-20(14-12-18)30-28(37)35-16-15-34(17-19(35)2)27-31-24-10-6-4-8-22(24)26-33-32-25(36(26)27)21-7-3-5-9-23(21)29/h3-14,19H,15-17H2,1-2H3,(H,30,37). The second-order valence-electron chi connectivity index (χ2n) is 9.38. The number of amides is 2. The van der Waals surface area contributed by atoms with Crippen LogP contribution in [-0.2, 0) is 0 Å². The van der Waals surface area contributed by atoms with E-state index in [2.05, 4.69) is 20.4 Å². The van der Waals surface area contributed by atoms with Gasteiger partial charge in [-0.25, -0.2) is 18.6 Å². The Morgan fingerprint density at radius 2 is 1.73 bits per heavy atom. The SMILES string of the molecule is Cc1ccc(NC(=O)N2CCN(c3nc4ccccc4c4nnc(-c5ccccc5F)n34)CC2C)cc1. The summed E-state index contributed by atoms with van der Waals surface area (Å²) < 4.78 is 16.6. The maximum Gasteiger partial charge on any atom is 0.322 e. The fourth-order valence-electron chi connectivity index (χ4n) is 4.87. The van der Waals surface area contributed by atoms with Crippen LogP contribution in [0.5, 0.6) is 0 Å². The van der Waals surface area contributed by atoms with E-state index in [1.165, 1.54) is 6.07 Å².